The number of furan rings is 1. The average molecular weight is 399 g/mol. The molecule has 3 aromatic rings. The second-order valence-electron chi connectivity index (χ2n) is 7.29. The third-order valence-electron chi connectivity index (χ3n) is 3.77. The first-order valence-electron chi connectivity index (χ1n) is 8.93. The molecule has 1 aromatic heterocycles. The number of fused-ring (bicyclic) bond motifs is 2. The highest BCUT2D eigenvalue weighted by molar-refractivity contribution is 6.10. The van der Waals surface area contributed by atoms with E-state index in [0.717, 1.165) is 0 Å². The van der Waals surface area contributed by atoms with Gasteiger partial charge in [-0.25, -0.2) is 9.59 Å². The predicted octanol–water partition coefficient (Wildman–Crippen LogP) is 3.94. The minimum atomic E-state index is -0.729. The Balaban J connectivity index is 1.91. The Labute approximate surface area is 166 Å². The molecule has 1 N–H and O–H groups in total. The van der Waals surface area contributed by atoms with Gasteiger partial charge >= 0.3 is 18.0 Å². The molecule has 0 atom stereocenters. The maximum absolute atomic E-state index is 12.3. The van der Waals surface area contributed by atoms with E-state index in [9.17, 15) is 14.4 Å². The molecule has 0 unspecified atom stereocenters. The van der Waals surface area contributed by atoms with Gasteiger partial charge in [0.2, 0.25) is 0 Å². The highest BCUT2D eigenvalue weighted by Gasteiger charge is 2.22. The Hall–Kier alpha value is -3.55. The number of amides is 1. The molecule has 0 fully saturated rings. The van der Waals surface area contributed by atoms with Crippen molar-refractivity contribution >= 4 is 39.8 Å². The number of hydrogen-bond donors (Lipinski definition) is 1. The lowest BCUT2D eigenvalue weighted by atomic mass is 10.1. The first kappa shape index (κ1) is 20.2. The van der Waals surface area contributed by atoms with Crippen molar-refractivity contribution in [2.75, 3.05) is 6.54 Å². The van der Waals surface area contributed by atoms with Crippen LogP contribution in [0.2, 0.25) is 0 Å². The lowest BCUT2D eigenvalue weighted by Crippen LogP contribution is -2.36. The third-order valence-corrected chi connectivity index (χ3v) is 3.77. The van der Waals surface area contributed by atoms with Crippen LogP contribution in [0.15, 0.2) is 41.0 Å². The van der Waals surface area contributed by atoms with Gasteiger partial charge in [0.1, 0.15) is 17.9 Å². The van der Waals surface area contributed by atoms with Gasteiger partial charge in [-0.15, -0.1) is 0 Å². The minimum Gasteiger partial charge on any atom is -0.460 e. The number of carbonyl (C=O) groups excluding carboxylic acids is 3. The highest BCUT2D eigenvalue weighted by atomic mass is 16.6. The van der Waals surface area contributed by atoms with Crippen molar-refractivity contribution in [3.8, 4) is 11.5 Å². The van der Waals surface area contributed by atoms with Crippen LogP contribution in [0, 0.1) is 0 Å². The van der Waals surface area contributed by atoms with Gasteiger partial charge in [-0.1, -0.05) is 24.3 Å². The van der Waals surface area contributed by atoms with Crippen molar-refractivity contribution in [2.24, 2.45) is 0 Å². The van der Waals surface area contributed by atoms with Crippen LogP contribution < -0.4 is 14.8 Å². The highest BCUT2D eigenvalue weighted by Crippen LogP contribution is 2.43. The van der Waals surface area contributed by atoms with Crippen molar-refractivity contribution in [3.05, 3.63) is 36.6 Å². The molecule has 0 saturated carbocycles. The summed E-state index contributed by atoms with van der Waals surface area (Å²) in [5.74, 6) is -0.695. The van der Waals surface area contributed by atoms with Crippen molar-refractivity contribution in [3.63, 3.8) is 0 Å². The van der Waals surface area contributed by atoms with Gasteiger partial charge in [0.15, 0.2) is 11.3 Å². The van der Waals surface area contributed by atoms with Gasteiger partial charge < -0.3 is 23.9 Å². The number of rotatable bonds is 4. The summed E-state index contributed by atoms with van der Waals surface area (Å²) in [7, 11) is 0. The maximum Gasteiger partial charge on any atom is 0.408 e. The minimum absolute atomic E-state index is 0.174. The van der Waals surface area contributed by atoms with E-state index in [2.05, 4.69) is 5.32 Å². The van der Waals surface area contributed by atoms with Crippen LogP contribution in [0.1, 0.15) is 27.7 Å². The Morgan fingerprint density at radius 1 is 0.966 bits per heavy atom. The summed E-state index contributed by atoms with van der Waals surface area (Å²) in [6, 6.07) is 8.61. The SMILES string of the molecule is CC(=O)Oc1c2ccccc2c(OC(=O)CNC(=O)OC(C)(C)C)c2occc12. The number of nitrogens with one attached hydrogen (secondary N) is 1. The first-order valence-corrected chi connectivity index (χ1v) is 8.93. The summed E-state index contributed by atoms with van der Waals surface area (Å²) in [6.45, 7) is 6.06. The summed E-state index contributed by atoms with van der Waals surface area (Å²) in [5.41, 5.74) is -0.428. The molecular formula is C21H21NO7. The van der Waals surface area contributed by atoms with E-state index < -0.39 is 30.2 Å². The van der Waals surface area contributed by atoms with Gasteiger partial charge in [0.05, 0.1) is 11.6 Å². The molecule has 29 heavy (non-hydrogen) atoms. The molecule has 0 bridgehead atoms. The van der Waals surface area contributed by atoms with Gasteiger partial charge in [-0.05, 0) is 26.8 Å². The standard InChI is InChI=1S/C21H21NO7/c1-12(23)27-17-13-7-5-6-8-14(13)19(18-15(17)9-10-26-18)28-16(24)11-22-20(25)29-21(2,3)4/h5-10H,11H2,1-4H3,(H,22,25). The summed E-state index contributed by atoms with van der Waals surface area (Å²) in [5, 5.41) is 3.95. The normalized spacial score (nSPS) is 11.3. The van der Waals surface area contributed by atoms with Crippen molar-refractivity contribution in [1.29, 1.82) is 0 Å². The van der Waals surface area contributed by atoms with E-state index in [4.69, 9.17) is 18.6 Å². The zero-order valence-electron chi connectivity index (χ0n) is 16.5. The molecule has 8 nitrogen and oxygen atoms in total. The quantitative estimate of drug-likeness (QED) is 0.523. The monoisotopic (exact) mass is 399 g/mol. The molecule has 3 rings (SSSR count). The van der Waals surface area contributed by atoms with Crippen LogP contribution in [-0.2, 0) is 14.3 Å². The molecule has 152 valence electrons. The second-order valence-corrected chi connectivity index (χ2v) is 7.29. The number of alkyl carbamates (subject to hydrolysis) is 1. The first-order chi connectivity index (χ1) is 13.7. The number of ether oxygens (including phenoxy) is 3. The number of benzene rings is 2. The van der Waals surface area contributed by atoms with Gasteiger partial charge in [-0.3, -0.25) is 4.79 Å². The van der Waals surface area contributed by atoms with Gasteiger partial charge in [-0.2, -0.15) is 0 Å². The molecule has 0 spiro atoms. The van der Waals surface area contributed by atoms with E-state index in [1.54, 1.807) is 51.1 Å². The topological polar surface area (TPSA) is 104 Å². The van der Waals surface area contributed by atoms with Crippen molar-refractivity contribution < 1.29 is 33.0 Å². The molecule has 0 radical (unpaired) electrons. The molecule has 2 aromatic carbocycles. The fourth-order valence-electron chi connectivity index (χ4n) is 2.77. The van der Waals surface area contributed by atoms with Crippen LogP contribution in [0.3, 0.4) is 0 Å². The zero-order valence-corrected chi connectivity index (χ0v) is 16.5. The predicted molar refractivity (Wildman–Crippen MR) is 105 cm³/mol. The molecule has 8 heteroatoms. The van der Waals surface area contributed by atoms with E-state index in [1.807, 2.05) is 0 Å². The van der Waals surface area contributed by atoms with Crippen LogP contribution >= 0.6 is 0 Å². The van der Waals surface area contributed by atoms with E-state index in [0.29, 0.717) is 21.9 Å². The van der Waals surface area contributed by atoms with E-state index in [1.165, 1.54) is 13.2 Å². The average Bonchev–Trinajstić information content (AvgIpc) is 3.10. The molecule has 0 aliphatic heterocycles. The number of esters is 2. The molecular weight excluding hydrogens is 378 g/mol. The molecule has 0 aliphatic carbocycles. The van der Waals surface area contributed by atoms with Crippen molar-refractivity contribution in [2.45, 2.75) is 33.3 Å². The Morgan fingerprint density at radius 3 is 2.24 bits per heavy atom. The van der Waals surface area contributed by atoms with Gasteiger partial charge in [0, 0.05) is 17.7 Å². The fraction of sp³-hybridized carbons (Fsp3) is 0.286. The second kappa shape index (κ2) is 7.83. The van der Waals surface area contributed by atoms with Crippen LogP contribution in [0.4, 0.5) is 4.79 Å². The number of carbonyl (C=O) groups is 3. The molecule has 0 aliphatic rings. The summed E-state index contributed by atoms with van der Waals surface area (Å²) in [6.07, 6.45) is 0.681. The van der Waals surface area contributed by atoms with Gasteiger partial charge in [0.25, 0.3) is 0 Å². The third kappa shape index (κ3) is 4.66. The molecule has 0 saturated heterocycles. The van der Waals surface area contributed by atoms with Crippen LogP contribution in [0.5, 0.6) is 11.5 Å². The lowest BCUT2D eigenvalue weighted by Gasteiger charge is -2.19. The smallest absolute Gasteiger partial charge is 0.408 e. The largest absolute Gasteiger partial charge is 0.460 e. The lowest BCUT2D eigenvalue weighted by molar-refractivity contribution is -0.133. The Kier molecular flexibility index (Phi) is 5.45. The summed E-state index contributed by atoms with van der Waals surface area (Å²) in [4.78, 5) is 35.6. The van der Waals surface area contributed by atoms with Crippen LogP contribution in [0.25, 0.3) is 21.7 Å². The number of hydrogen-bond acceptors (Lipinski definition) is 7. The molecule has 1 heterocycles. The summed E-state index contributed by atoms with van der Waals surface area (Å²) >= 11 is 0. The fourth-order valence-corrected chi connectivity index (χ4v) is 2.77. The Morgan fingerprint density at radius 2 is 1.62 bits per heavy atom. The maximum atomic E-state index is 12.3. The van der Waals surface area contributed by atoms with E-state index in [-0.39, 0.29) is 11.3 Å². The zero-order chi connectivity index (χ0) is 21.2. The van der Waals surface area contributed by atoms with Crippen LogP contribution in [-0.4, -0.2) is 30.2 Å². The van der Waals surface area contributed by atoms with Crippen molar-refractivity contribution in [1.82, 2.24) is 5.32 Å². The Bertz CT molecular complexity index is 1090. The van der Waals surface area contributed by atoms with E-state index >= 15 is 0 Å². The molecule has 1 amide bonds. The summed E-state index contributed by atoms with van der Waals surface area (Å²) < 4.78 is 21.5.